The minimum atomic E-state index is -0.399. The van der Waals surface area contributed by atoms with Crippen LogP contribution in [-0.4, -0.2) is 30.7 Å². The first kappa shape index (κ1) is 19.4. The summed E-state index contributed by atoms with van der Waals surface area (Å²) in [6.07, 6.45) is 2.17. The summed E-state index contributed by atoms with van der Waals surface area (Å²) >= 11 is 1.80. The normalized spacial score (nSPS) is 10.8. The summed E-state index contributed by atoms with van der Waals surface area (Å²) in [5.74, 6) is 2.34. The molecule has 0 aliphatic carbocycles. The molecule has 136 valence electrons. The van der Waals surface area contributed by atoms with E-state index in [0.29, 0.717) is 31.0 Å². The molecule has 1 heterocycles. The van der Waals surface area contributed by atoms with Crippen molar-refractivity contribution in [3.63, 3.8) is 0 Å². The van der Waals surface area contributed by atoms with Crippen molar-refractivity contribution < 1.29 is 18.7 Å². The Labute approximate surface area is 151 Å². The van der Waals surface area contributed by atoms with E-state index in [9.17, 15) is 9.59 Å². The lowest BCUT2D eigenvalue weighted by Crippen LogP contribution is -2.05. The Bertz CT molecular complexity index is 753. The van der Waals surface area contributed by atoms with Gasteiger partial charge in [0.1, 0.15) is 11.3 Å². The van der Waals surface area contributed by atoms with Gasteiger partial charge >= 0.3 is 11.6 Å². The molecule has 0 bridgehead atoms. The van der Waals surface area contributed by atoms with Gasteiger partial charge in [0.2, 0.25) is 0 Å². The van der Waals surface area contributed by atoms with Crippen LogP contribution in [0, 0.1) is 6.92 Å². The third-order valence-corrected chi connectivity index (χ3v) is 4.69. The maximum atomic E-state index is 11.6. The average molecular weight is 364 g/mol. The molecular weight excluding hydrogens is 340 g/mol. The number of fused-ring (bicyclic) bond motifs is 1. The van der Waals surface area contributed by atoms with E-state index < -0.39 is 5.63 Å². The fourth-order valence-electron chi connectivity index (χ4n) is 2.25. The zero-order valence-corrected chi connectivity index (χ0v) is 15.5. The monoisotopic (exact) mass is 364 g/mol. The Morgan fingerprint density at radius 1 is 1.16 bits per heavy atom. The van der Waals surface area contributed by atoms with E-state index >= 15 is 0 Å². The highest BCUT2D eigenvalue weighted by Crippen LogP contribution is 2.24. The predicted molar refractivity (Wildman–Crippen MR) is 101 cm³/mol. The van der Waals surface area contributed by atoms with Crippen LogP contribution in [0.3, 0.4) is 0 Å². The van der Waals surface area contributed by atoms with Gasteiger partial charge in [-0.25, -0.2) is 4.79 Å². The van der Waals surface area contributed by atoms with Crippen molar-refractivity contribution >= 4 is 28.7 Å². The molecule has 2 rings (SSSR count). The van der Waals surface area contributed by atoms with Crippen molar-refractivity contribution in [1.82, 2.24) is 0 Å². The second kappa shape index (κ2) is 10.1. The Morgan fingerprint density at radius 3 is 2.68 bits per heavy atom. The first-order valence-electron chi connectivity index (χ1n) is 8.51. The number of benzene rings is 1. The summed E-state index contributed by atoms with van der Waals surface area (Å²) in [7, 11) is 0. The van der Waals surface area contributed by atoms with Crippen molar-refractivity contribution in [1.29, 1.82) is 0 Å². The van der Waals surface area contributed by atoms with E-state index in [4.69, 9.17) is 13.9 Å². The minimum absolute atomic E-state index is 0.145. The highest BCUT2D eigenvalue weighted by molar-refractivity contribution is 7.99. The largest absolute Gasteiger partial charge is 0.493 e. The molecule has 25 heavy (non-hydrogen) atoms. The molecule has 0 atom stereocenters. The van der Waals surface area contributed by atoms with Crippen molar-refractivity contribution in [3.05, 3.63) is 40.2 Å². The van der Waals surface area contributed by atoms with Crippen LogP contribution in [0.25, 0.3) is 11.0 Å². The van der Waals surface area contributed by atoms with Crippen LogP contribution >= 0.6 is 11.8 Å². The smallest absolute Gasteiger partial charge is 0.339 e. The standard InChI is InChI=1S/C19H24O5S/c1-3-18(20)23-9-5-11-25-10-4-8-22-16-13-19(21)24-17-12-14(2)6-7-15(16)17/h6-7,12-13H,3-5,8-11H2,1-2H3. The molecule has 5 nitrogen and oxygen atoms in total. The molecule has 1 aromatic heterocycles. The Balaban J connectivity index is 1.69. The number of ether oxygens (including phenoxy) is 2. The van der Waals surface area contributed by atoms with E-state index in [1.165, 1.54) is 6.07 Å². The van der Waals surface area contributed by atoms with Gasteiger partial charge < -0.3 is 13.9 Å². The second-order valence-corrected chi connectivity index (χ2v) is 6.90. The zero-order valence-electron chi connectivity index (χ0n) is 14.7. The van der Waals surface area contributed by atoms with Gasteiger partial charge in [0, 0.05) is 6.42 Å². The molecular formula is C19H24O5S. The van der Waals surface area contributed by atoms with Gasteiger partial charge in [-0.05, 0) is 49.0 Å². The highest BCUT2D eigenvalue weighted by atomic mass is 32.2. The van der Waals surface area contributed by atoms with E-state index in [1.54, 1.807) is 18.7 Å². The van der Waals surface area contributed by atoms with E-state index in [-0.39, 0.29) is 5.97 Å². The van der Waals surface area contributed by atoms with Crippen LogP contribution in [-0.2, 0) is 9.53 Å². The Kier molecular flexibility index (Phi) is 7.85. The quantitative estimate of drug-likeness (QED) is 0.361. The van der Waals surface area contributed by atoms with E-state index in [2.05, 4.69) is 0 Å². The summed E-state index contributed by atoms with van der Waals surface area (Å²) < 4.78 is 16.0. The summed E-state index contributed by atoms with van der Waals surface area (Å²) in [4.78, 5) is 22.6. The molecule has 0 fully saturated rings. The first-order chi connectivity index (χ1) is 12.1. The molecule has 0 radical (unpaired) electrons. The number of hydrogen-bond donors (Lipinski definition) is 0. The lowest BCUT2D eigenvalue weighted by molar-refractivity contribution is -0.143. The average Bonchev–Trinajstić information content (AvgIpc) is 2.59. The molecule has 0 unspecified atom stereocenters. The molecule has 0 spiro atoms. The number of aryl methyl sites for hydroxylation is 1. The van der Waals surface area contributed by atoms with Gasteiger partial charge in [-0.1, -0.05) is 13.0 Å². The fourth-order valence-corrected chi connectivity index (χ4v) is 3.10. The van der Waals surface area contributed by atoms with Gasteiger partial charge in [0.15, 0.2) is 0 Å². The van der Waals surface area contributed by atoms with E-state index in [0.717, 1.165) is 35.3 Å². The molecule has 0 saturated heterocycles. The molecule has 1 aromatic carbocycles. The number of hydrogen-bond acceptors (Lipinski definition) is 6. The predicted octanol–water partition coefficient (Wildman–Crippen LogP) is 3.95. The molecule has 0 N–H and O–H groups in total. The minimum Gasteiger partial charge on any atom is -0.493 e. The zero-order chi connectivity index (χ0) is 18.1. The lowest BCUT2D eigenvalue weighted by Gasteiger charge is -2.09. The maximum Gasteiger partial charge on any atom is 0.339 e. The number of rotatable bonds is 10. The number of carbonyl (C=O) groups excluding carboxylic acids is 1. The van der Waals surface area contributed by atoms with Crippen LogP contribution in [0.15, 0.2) is 33.5 Å². The highest BCUT2D eigenvalue weighted by Gasteiger charge is 2.07. The maximum absolute atomic E-state index is 11.6. The Morgan fingerprint density at radius 2 is 1.92 bits per heavy atom. The van der Waals surface area contributed by atoms with Gasteiger partial charge in [-0.15, -0.1) is 0 Å². The van der Waals surface area contributed by atoms with Crippen molar-refractivity contribution in [2.24, 2.45) is 0 Å². The summed E-state index contributed by atoms with van der Waals surface area (Å²) in [5.41, 5.74) is 1.19. The number of thioether (sulfide) groups is 1. The van der Waals surface area contributed by atoms with Gasteiger partial charge in [-0.3, -0.25) is 4.79 Å². The molecule has 0 aliphatic heterocycles. The van der Waals surface area contributed by atoms with Crippen LogP contribution in [0.1, 0.15) is 31.7 Å². The third kappa shape index (κ3) is 6.46. The SMILES string of the molecule is CCC(=O)OCCCSCCCOc1cc(=O)oc2cc(C)ccc12. The summed E-state index contributed by atoms with van der Waals surface area (Å²) in [6.45, 7) is 4.77. The topological polar surface area (TPSA) is 65.7 Å². The number of esters is 1. The molecule has 0 aliphatic rings. The molecule has 0 saturated carbocycles. The fraction of sp³-hybridized carbons (Fsp3) is 0.474. The Hall–Kier alpha value is -1.95. The van der Waals surface area contributed by atoms with Crippen molar-refractivity contribution in [2.45, 2.75) is 33.1 Å². The van der Waals surface area contributed by atoms with Crippen molar-refractivity contribution in [2.75, 3.05) is 24.7 Å². The van der Waals surface area contributed by atoms with Crippen LogP contribution in [0.4, 0.5) is 0 Å². The molecule has 2 aromatic rings. The summed E-state index contributed by atoms with van der Waals surface area (Å²) in [6, 6.07) is 7.11. The van der Waals surface area contributed by atoms with Gasteiger partial charge in [-0.2, -0.15) is 11.8 Å². The van der Waals surface area contributed by atoms with Crippen LogP contribution in [0.2, 0.25) is 0 Å². The third-order valence-electron chi connectivity index (χ3n) is 3.54. The van der Waals surface area contributed by atoms with Crippen molar-refractivity contribution in [3.8, 4) is 5.75 Å². The van der Waals surface area contributed by atoms with Gasteiger partial charge in [0.05, 0.1) is 24.7 Å². The first-order valence-corrected chi connectivity index (χ1v) is 9.66. The van der Waals surface area contributed by atoms with Crippen LogP contribution < -0.4 is 10.4 Å². The lowest BCUT2D eigenvalue weighted by atomic mass is 10.1. The summed E-state index contributed by atoms with van der Waals surface area (Å²) in [5, 5.41) is 0.815. The second-order valence-electron chi connectivity index (χ2n) is 5.67. The van der Waals surface area contributed by atoms with E-state index in [1.807, 2.05) is 25.1 Å². The number of carbonyl (C=O) groups is 1. The van der Waals surface area contributed by atoms with Crippen LogP contribution in [0.5, 0.6) is 5.75 Å². The molecule has 6 heteroatoms. The molecule has 0 amide bonds. The van der Waals surface area contributed by atoms with Gasteiger partial charge in [0.25, 0.3) is 0 Å².